The first-order chi connectivity index (χ1) is 25.1. The standard InChI is InChI=1S/C39H45F3N8O2/c1-3-31(51)50-20-38(21-50)12-16-47(17-13-38)36-28-18-27(25-9-10-25)33(32-24(2)8-11-30-29(32)19-43-46-30)35(52-22-39(40,41)42)34(28)44-37(45-36)49-15-5-14-48(23-49)26-6-4-7-26/h3,8,11,18-19,25-26H,1,4-7,9-10,12-17,20-23H2,2H3,(H,43,46). The predicted octanol–water partition coefficient (Wildman–Crippen LogP) is 6.94. The minimum Gasteiger partial charge on any atom is -0.481 e. The van der Waals surface area contributed by atoms with Crippen molar-refractivity contribution in [2.45, 2.75) is 76.4 Å². The molecule has 5 aliphatic rings. The number of rotatable bonds is 8. The highest BCUT2D eigenvalue weighted by Crippen LogP contribution is 2.53. The maximum Gasteiger partial charge on any atom is 0.422 e. The fourth-order valence-electron chi connectivity index (χ4n) is 8.93. The van der Waals surface area contributed by atoms with E-state index in [1.807, 2.05) is 24.0 Å². The molecule has 1 amide bonds. The van der Waals surface area contributed by atoms with Crippen molar-refractivity contribution in [1.82, 2.24) is 30.0 Å². The van der Waals surface area contributed by atoms with Crippen molar-refractivity contribution in [2.24, 2.45) is 5.41 Å². The summed E-state index contributed by atoms with van der Waals surface area (Å²) in [6, 6.07) is 6.63. The smallest absolute Gasteiger partial charge is 0.422 e. The van der Waals surface area contributed by atoms with Crippen molar-refractivity contribution < 1.29 is 22.7 Å². The summed E-state index contributed by atoms with van der Waals surface area (Å²) in [4.78, 5) is 31.6. The van der Waals surface area contributed by atoms with Gasteiger partial charge in [0.05, 0.1) is 18.4 Å². The van der Waals surface area contributed by atoms with E-state index in [-0.39, 0.29) is 23.0 Å². The number of hydrogen-bond donors (Lipinski definition) is 1. The molecule has 0 bridgehead atoms. The number of aromatic nitrogens is 4. The molecule has 52 heavy (non-hydrogen) atoms. The zero-order valence-electron chi connectivity index (χ0n) is 29.6. The largest absolute Gasteiger partial charge is 0.481 e. The first-order valence-electron chi connectivity index (χ1n) is 18.8. The number of halogens is 3. The van der Waals surface area contributed by atoms with Gasteiger partial charge in [0.1, 0.15) is 11.3 Å². The predicted molar refractivity (Wildman–Crippen MR) is 195 cm³/mol. The van der Waals surface area contributed by atoms with Gasteiger partial charge in [-0.2, -0.15) is 23.3 Å². The van der Waals surface area contributed by atoms with Gasteiger partial charge in [0, 0.05) is 67.1 Å². The van der Waals surface area contributed by atoms with Crippen LogP contribution in [0.15, 0.2) is 37.1 Å². The van der Waals surface area contributed by atoms with Gasteiger partial charge in [-0.1, -0.05) is 19.1 Å². The third-order valence-electron chi connectivity index (χ3n) is 12.2. The summed E-state index contributed by atoms with van der Waals surface area (Å²) in [7, 11) is 0. The Hall–Kier alpha value is -4.39. The monoisotopic (exact) mass is 714 g/mol. The molecule has 3 saturated heterocycles. The van der Waals surface area contributed by atoms with Gasteiger partial charge in [0.25, 0.3) is 0 Å². The van der Waals surface area contributed by atoms with Crippen molar-refractivity contribution in [3.63, 3.8) is 0 Å². The lowest BCUT2D eigenvalue weighted by Gasteiger charge is -2.54. The van der Waals surface area contributed by atoms with Crippen LogP contribution in [0.2, 0.25) is 0 Å². The highest BCUT2D eigenvalue weighted by atomic mass is 19.4. The van der Waals surface area contributed by atoms with Crippen LogP contribution in [-0.4, -0.2) is 101 Å². The van der Waals surface area contributed by atoms with E-state index in [1.54, 1.807) is 6.20 Å². The van der Waals surface area contributed by atoms with Gasteiger partial charge in [-0.3, -0.25) is 14.8 Å². The summed E-state index contributed by atoms with van der Waals surface area (Å²) in [5.41, 5.74) is 4.68. The molecule has 0 radical (unpaired) electrons. The van der Waals surface area contributed by atoms with E-state index in [0.29, 0.717) is 29.7 Å². The fraction of sp³-hybridized carbons (Fsp3) is 0.538. The molecule has 5 fully saturated rings. The van der Waals surface area contributed by atoms with Crippen LogP contribution in [0.4, 0.5) is 24.9 Å². The zero-order chi connectivity index (χ0) is 35.8. The second kappa shape index (κ2) is 12.6. The normalized spacial score (nSPS) is 21.1. The molecule has 2 aromatic carbocycles. The number of carbonyl (C=O) groups excluding carboxylic acids is 1. The molecule has 3 aliphatic heterocycles. The maximum atomic E-state index is 14.1. The number of piperidine rings is 1. The maximum absolute atomic E-state index is 14.1. The molecule has 1 spiro atoms. The second-order valence-corrected chi connectivity index (χ2v) is 15.7. The summed E-state index contributed by atoms with van der Waals surface area (Å²) in [6.07, 6.45) is 6.83. The van der Waals surface area contributed by atoms with Crippen molar-refractivity contribution in [2.75, 3.05) is 62.3 Å². The van der Waals surface area contributed by atoms with Crippen LogP contribution in [0, 0.1) is 12.3 Å². The SMILES string of the molecule is C=CC(=O)N1CC2(CCN(c3nc(N4CCCN(C5CCC5)C4)nc4c(OCC(F)(F)F)c(-c5c(C)ccc6[nH]ncc56)c(C5CC5)cc34)CC2)C1. The zero-order valence-corrected chi connectivity index (χ0v) is 29.6. The molecule has 2 aliphatic carbocycles. The number of H-pyrrole nitrogens is 1. The Morgan fingerprint density at radius 2 is 1.81 bits per heavy atom. The third kappa shape index (κ3) is 5.94. The molecular weight excluding hydrogens is 669 g/mol. The van der Waals surface area contributed by atoms with E-state index in [4.69, 9.17) is 14.7 Å². The quantitative estimate of drug-likeness (QED) is 0.197. The molecule has 9 rings (SSSR count). The van der Waals surface area contributed by atoms with Crippen LogP contribution >= 0.6 is 0 Å². The van der Waals surface area contributed by atoms with E-state index >= 15 is 0 Å². The average Bonchev–Trinajstić information content (AvgIpc) is 3.84. The lowest BCUT2D eigenvalue weighted by atomic mass is 9.72. The highest BCUT2D eigenvalue weighted by molar-refractivity contribution is 6.06. The number of amides is 1. The molecule has 274 valence electrons. The van der Waals surface area contributed by atoms with E-state index in [0.717, 1.165) is 110 Å². The van der Waals surface area contributed by atoms with Crippen LogP contribution in [0.25, 0.3) is 32.9 Å². The number of ether oxygens (including phenoxy) is 1. The Morgan fingerprint density at radius 1 is 1.02 bits per heavy atom. The number of alkyl halides is 3. The number of fused-ring (bicyclic) bond motifs is 2. The Balaban J connectivity index is 1.21. The molecule has 5 heterocycles. The summed E-state index contributed by atoms with van der Waals surface area (Å²) in [5, 5.41) is 8.92. The fourth-order valence-corrected chi connectivity index (χ4v) is 8.93. The van der Waals surface area contributed by atoms with E-state index in [9.17, 15) is 18.0 Å². The van der Waals surface area contributed by atoms with Gasteiger partial charge in [-0.05, 0) is 92.7 Å². The molecule has 13 heteroatoms. The molecule has 2 saturated carbocycles. The van der Waals surface area contributed by atoms with Gasteiger partial charge in [0.2, 0.25) is 11.9 Å². The third-order valence-corrected chi connectivity index (χ3v) is 12.2. The van der Waals surface area contributed by atoms with Crippen LogP contribution in [0.1, 0.15) is 68.4 Å². The van der Waals surface area contributed by atoms with Gasteiger partial charge in [0.15, 0.2) is 12.4 Å². The lowest BCUT2D eigenvalue weighted by molar-refractivity contribution is -0.153. The number of nitrogens with zero attached hydrogens (tertiary/aromatic N) is 7. The molecular formula is C39H45F3N8O2. The minimum absolute atomic E-state index is 0.0342. The number of nitrogens with one attached hydrogen (secondary N) is 1. The molecule has 0 atom stereocenters. The van der Waals surface area contributed by atoms with Crippen LogP contribution < -0.4 is 14.5 Å². The molecule has 0 unspecified atom stereocenters. The number of benzene rings is 2. The van der Waals surface area contributed by atoms with Crippen molar-refractivity contribution in [3.8, 4) is 16.9 Å². The van der Waals surface area contributed by atoms with Crippen LogP contribution in [0.3, 0.4) is 0 Å². The molecule has 1 N–H and O–H groups in total. The Morgan fingerprint density at radius 3 is 2.50 bits per heavy atom. The number of likely N-dealkylation sites (tertiary alicyclic amines) is 1. The van der Waals surface area contributed by atoms with Gasteiger partial charge >= 0.3 is 6.18 Å². The molecule has 10 nitrogen and oxygen atoms in total. The molecule has 2 aromatic heterocycles. The molecule has 4 aromatic rings. The first-order valence-corrected chi connectivity index (χ1v) is 18.8. The van der Waals surface area contributed by atoms with E-state index in [1.165, 1.54) is 25.3 Å². The van der Waals surface area contributed by atoms with Gasteiger partial charge < -0.3 is 19.4 Å². The average molecular weight is 715 g/mol. The number of anilines is 2. The first kappa shape index (κ1) is 33.4. The van der Waals surface area contributed by atoms with Gasteiger partial charge in [-0.25, -0.2) is 4.98 Å². The minimum atomic E-state index is -4.55. The Kier molecular flexibility index (Phi) is 8.13. The van der Waals surface area contributed by atoms with E-state index < -0.39 is 12.8 Å². The van der Waals surface area contributed by atoms with Crippen LogP contribution in [-0.2, 0) is 4.79 Å². The topological polar surface area (TPSA) is 93.7 Å². The van der Waals surface area contributed by atoms with Crippen LogP contribution in [0.5, 0.6) is 5.75 Å². The van der Waals surface area contributed by atoms with E-state index in [2.05, 4.69) is 37.5 Å². The summed E-state index contributed by atoms with van der Waals surface area (Å²) in [5.74, 6) is 1.59. The Bertz CT molecular complexity index is 2040. The van der Waals surface area contributed by atoms with Gasteiger partial charge in [-0.15, -0.1) is 0 Å². The highest BCUT2D eigenvalue weighted by Gasteiger charge is 2.47. The number of hydrogen-bond acceptors (Lipinski definition) is 8. The van der Waals surface area contributed by atoms with Crippen molar-refractivity contribution >= 4 is 39.5 Å². The second-order valence-electron chi connectivity index (χ2n) is 15.7. The number of aryl methyl sites for hydroxylation is 1. The van der Waals surface area contributed by atoms with Crippen molar-refractivity contribution in [1.29, 1.82) is 0 Å². The summed E-state index contributed by atoms with van der Waals surface area (Å²) >= 11 is 0. The number of carbonyl (C=O) groups is 1. The summed E-state index contributed by atoms with van der Waals surface area (Å²) < 4.78 is 48.3. The van der Waals surface area contributed by atoms with Crippen molar-refractivity contribution in [3.05, 3.63) is 48.2 Å². The Labute approximate surface area is 301 Å². The number of aromatic amines is 1. The summed E-state index contributed by atoms with van der Waals surface area (Å²) in [6.45, 7) is 9.57. The lowest BCUT2D eigenvalue weighted by Crippen LogP contribution is -2.61.